The Kier molecular flexibility index (Phi) is 3.81. The minimum Gasteiger partial charge on any atom is -0.291 e. The van der Waals surface area contributed by atoms with Crippen LogP contribution in [0.5, 0.6) is 0 Å². The topological polar surface area (TPSA) is 90.9 Å². The molecule has 0 bridgehead atoms. The Morgan fingerprint density at radius 1 is 1.29 bits per heavy atom. The first-order chi connectivity index (χ1) is 9.53. The van der Waals surface area contributed by atoms with Gasteiger partial charge in [0.15, 0.2) is 5.82 Å². The number of sulfonamides is 1. The maximum atomic E-state index is 13.6. The molecule has 0 saturated carbocycles. The molecule has 0 amide bonds. The van der Waals surface area contributed by atoms with E-state index in [0.29, 0.717) is 0 Å². The minimum absolute atomic E-state index is 0.135. The summed E-state index contributed by atoms with van der Waals surface area (Å²) < 4.78 is 38.2. The molecule has 0 atom stereocenters. The molecule has 1 aromatic carbocycles. The number of hydrogen-bond donors (Lipinski definition) is 1. The smallest absolute Gasteiger partial charge is 0.273 e. The van der Waals surface area contributed by atoms with Crippen molar-refractivity contribution in [2.45, 2.75) is 31.5 Å². The number of rotatable bonds is 2. The van der Waals surface area contributed by atoms with E-state index in [-0.39, 0.29) is 16.4 Å². The zero-order chi connectivity index (χ0) is 16.0. The van der Waals surface area contributed by atoms with E-state index in [9.17, 15) is 12.8 Å². The summed E-state index contributed by atoms with van der Waals surface area (Å²) >= 11 is 5.94. The van der Waals surface area contributed by atoms with Gasteiger partial charge in [-0.15, -0.1) is 10.2 Å². The van der Waals surface area contributed by atoms with Gasteiger partial charge in [-0.25, -0.2) is 17.9 Å². The fourth-order valence-corrected chi connectivity index (χ4v) is 2.89. The highest BCUT2D eigenvalue weighted by atomic mass is 35.5. The van der Waals surface area contributed by atoms with Crippen LogP contribution in [0.2, 0.25) is 5.02 Å². The lowest BCUT2D eigenvalue weighted by Crippen LogP contribution is -2.29. The predicted molar refractivity (Wildman–Crippen MR) is 76.8 cm³/mol. The van der Waals surface area contributed by atoms with Crippen molar-refractivity contribution in [3.8, 4) is 11.4 Å². The van der Waals surface area contributed by atoms with Crippen molar-refractivity contribution < 1.29 is 12.8 Å². The second-order valence-electron chi connectivity index (χ2n) is 5.46. The Morgan fingerprint density at radius 2 is 1.90 bits per heavy atom. The number of aromatic nitrogens is 3. The molecule has 1 heterocycles. The summed E-state index contributed by atoms with van der Waals surface area (Å²) in [5.74, 6) is -0.495. The first-order valence-electron chi connectivity index (χ1n) is 5.96. The van der Waals surface area contributed by atoms with Gasteiger partial charge in [0.2, 0.25) is 0 Å². The fraction of sp³-hybridized carbons (Fsp3) is 0.333. The zero-order valence-corrected chi connectivity index (χ0v) is 13.2. The normalized spacial score (nSPS) is 12.7. The van der Waals surface area contributed by atoms with Gasteiger partial charge in [0.1, 0.15) is 5.82 Å². The van der Waals surface area contributed by atoms with Crippen LogP contribution in [0.1, 0.15) is 20.8 Å². The molecule has 0 aliphatic rings. The molecule has 0 unspecified atom stereocenters. The minimum atomic E-state index is -4.07. The van der Waals surface area contributed by atoms with E-state index < -0.39 is 26.5 Å². The SMILES string of the molecule is CC(C)(C)n1c(-c2cccc(F)c2Cl)nnc1S(N)(=O)=O. The molecule has 9 heteroatoms. The molecule has 0 aliphatic heterocycles. The third-order valence-corrected chi connectivity index (χ3v) is 3.91. The van der Waals surface area contributed by atoms with Crippen molar-refractivity contribution in [3.63, 3.8) is 0 Å². The highest BCUT2D eigenvalue weighted by molar-refractivity contribution is 7.89. The lowest BCUT2D eigenvalue weighted by atomic mass is 10.1. The van der Waals surface area contributed by atoms with Gasteiger partial charge in [-0.05, 0) is 32.9 Å². The van der Waals surface area contributed by atoms with Crippen molar-refractivity contribution in [1.29, 1.82) is 0 Å². The van der Waals surface area contributed by atoms with E-state index in [1.807, 2.05) is 0 Å². The molecule has 21 heavy (non-hydrogen) atoms. The van der Waals surface area contributed by atoms with Crippen LogP contribution in [0.3, 0.4) is 0 Å². The molecule has 0 spiro atoms. The van der Waals surface area contributed by atoms with Crippen LogP contribution < -0.4 is 5.14 Å². The molecule has 0 aliphatic carbocycles. The van der Waals surface area contributed by atoms with Crippen molar-refractivity contribution >= 4 is 21.6 Å². The highest BCUT2D eigenvalue weighted by Crippen LogP contribution is 2.33. The number of halogens is 2. The van der Waals surface area contributed by atoms with Gasteiger partial charge in [0.05, 0.1) is 5.02 Å². The van der Waals surface area contributed by atoms with Crippen molar-refractivity contribution in [2.75, 3.05) is 0 Å². The summed E-state index contributed by atoms with van der Waals surface area (Å²) in [6.07, 6.45) is 0. The summed E-state index contributed by atoms with van der Waals surface area (Å²) in [6.45, 7) is 5.26. The largest absolute Gasteiger partial charge is 0.291 e. The summed E-state index contributed by atoms with van der Waals surface area (Å²) in [5.41, 5.74) is -0.454. The van der Waals surface area contributed by atoms with E-state index in [2.05, 4.69) is 10.2 Å². The average Bonchev–Trinajstić information content (AvgIpc) is 2.76. The second kappa shape index (κ2) is 5.04. The first-order valence-corrected chi connectivity index (χ1v) is 7.89. The van der Waals surface area contributed by atoms with Gasteiger partial charge in [0.25, 0.3) is 15.2 Å². The van der Waals surface area contributed by atoms with Crippen molar-refractivity contribution in [3.05, 3.63) is 29.0 Å². The Balaban J connectivity index is 2.83. The molecule has 114 valence electrons. The van der Waals surface area contributed by atoms with Gasteiger partial charge in [-0.2, -0.15) is 0 Å². The maximum absolute atomic E-state index is 13.6. The molecule has 1 aromatic heterocycles. The highest BCUT2D eigenvalue weighted by Gasteiger charge is 2.30. The summed E-state index contributed by atoms with van der Waals surface area (Å²) in [6, 6.07) is 4.18. The van der Waals surface area contributed by atoms with E-state index in [4.69, 9.17) is 16.7 Å². The standard InChI is InChI=1S/C12H14ClFN4O2S/c1-12(2,3)18-10(16-17-11(18)21(15,19)20)7-5-4-6-8(14)9(7)13/h4-6H,1-3H3,(H2,15,19,20). The maximum Gasteiger partial charge on any atom is 0.273 e. The van der Waals surface area contributed by atoms with Gasteiger partial charge in [-0.3, -0.25) is 4.57 Å². The van der Waals surface area contributed by atoms with E-state index in [1.54, 1.807) is 20.8 Å². The molecular formula is C12H14ClFN4O2S. The van der Waals surface area contributed by atoms with Crippen LogP contribution >= 0.6 is 11.6 Å². The van der Waals surface area contributed by atoms with Crippen LogP contribution in [0, 0.1) is 5.82 Å². The van der Waals surface area contributed by atoms with Crippen LogP contribution in [-0.4, -0.2) is 23.2 Å². The quantitative estimate of drug-likeness (QED) is 0.912. The van der Waals surface area contributed by atoms with E-state index in [1.165, 1.54) is 22.8 Å². The zero-order valence-electron chi connectivity index (χ0n) is 11.6. The number of hydrogen-bond acceptors (Lipinski definition) is 4. The van der Waals surface area contributed by atoms with Crippen LogP contribution in [0.25, 0.3) is 11.4 Å². The molecule has 0 saturated heterocycles. The molecule has 0 radical (unpaired) electrons. The summed E-state index contributed by atoms with van der Waals surface area (Å²) in [5, 5.41) is 12.0. The average molecular weight is 333 g/mol. The molecule has 2 rings (SSSR count). The third-order valence-electron chi connectivity index (χ3n) is 2.75. The van der Waals surface area contributed by atoms with Gasteiger partial charge in [0, 0.05) is 11.1 Å². The van der Waals surface area contributed by atoms with Crippen LogP contribution in [-0.2, 0) is 15.6 Å². The molecule has 6 nitrogen and oxygen atoms in total. The van der Waals surface area contributed by atoms with Gasteiger partial charge >= 0.3 is 0 Å². The van der Waals surface area contributed by atoms with E-state index >= 15 is 0 Å². The number of primary sulfonamides is 1. The Hall–Kier alpha value is -1.51. The number of benzene rings is 1. The lowest BCUT2D eigenvalue weighted by molar-refractivity contribution is 0.366. The molecular weight excluding hydrogens is 319 g/mol. The van der Waals surface area contributed by atoms with Crippen LogP contribution in [0.4, 0.5) is 4.39 Å². The molecule has 2 aromatic rings. The van der Waals surface area contributed by atoms with Crippen LogP contribution in [0.15, 0.2) is 23.4 Å². The summed E-state index contributed by atoms with van der Waals surface area (Å²) in [7, 11) is -4.07. The van der Waals surface area contributed by atoms with Crippen molar-refractivity contribution in [1.82, 2.24) is 14.8 Å². The second-order valence-corrected chi connectivity index (χ2v) is 7.29. The third kappa shape index (κ3) is 2.92. The first kappa shape index (κ1) is 15.9. The van der Waals surface area contributed by atoms with E-state index in [0.717, 1.165) is 0 Å². The Morgan fingerprint density at radius 3 is 2.43 bits per heavy atom. The Bertz CT molecular complexity index is 796. The van der Waals surface area contributed by atoms with Gasteiger partial charge < -0.3 is 0 Å². The number of nitrogens with zero attached hydrogens (tertiary/aromatic N) is 3. The lowest BCUT2D eigenvalue weighted by Gasteiger charge is -2.24. The summed E-state index contributed by atoms with van der Waals surface area (Å²) in [4.78, 5) is 0. The fourth-order valence-electron chi connectivity index (χ4n) is 1.91. The number of nitrogens with two attached hydrogens (primary N) is 1. The van der Waals surface area contributed by atoms with Crippen molar-refractivity contribution in [2.24, 2.45) is 5.14 Å². The monoisotopic (exact) mass is 332 g/mol. The molecule has 2 N–H and O–H groups in total. The van der Waals surface area contributed by atoms with Gasteiger partial charge in [-0.1, -0.05) is 17.7 Å². The predicted octanol–water partition coefficient (Wildman–Crippen LogP) is 2.14. The molecule has 0 fully saturated rings. The Labute approximate surface area is 126 Å².